The molecular weight excluding hydrogens is 272 g/mol. The van der Waals surface area contributed by atoms with Crippen LogP contribution in [0.15, 0.2) is 18.2 Å². The first-order valence-corrected chi connectivity index (χ1v) is 7.92. The average Bonchev–Trinajstić information content (AvgIpc) is 2.47. The summed E-state index contributed by atoms with van der Waals surface area (Å²) >= 11 is 6.43. The number of piperidine rings is 1. The van der Waals surface area contributed by atoms with Crippen molar-refractivity contribution >= 4 is 17.3 Å². The van der Waals surface area contributed by atoms with Gasteiger partial charge in [0.2, 0.25) is 0 Å². The molecule has 1 fully saturated rings. The van der Waals surface area contributed by atoms with Gasteiger partial charge in [-0.25, -0.2) is 0 Å². The van der Waals surface area contributed by atoms with Gasteiger partial charge in [-0.3, -0.25) is 0 Å². The zero-order valence-corrected chi connectivity index (χ0v) is 13.2. The lowest BCUT2D eigenvalue weighted by Gasteiger charge is -2.34. The van der Waals surface area contributed by atoms with Crippen molar-refractivity contribution in [1.29, 1.82) is 0 Å². The lowest BCUT2D eigenvalue weighted by Crippen LogP contribution is -2.36. The highest BCUT2D eigenvalue weighted by molar-refractivity contribution is 6.31. The second kappa shape index (κ2) is 7.30. The number of aliphatic hydroxyl groups excluding tert-OH is 1. The van der Waals surface area contributed by atoms with Crippen LogP contribution in [0.25, 0.3) is 0 Å². The summed E-state index contributed by atoms with van der Waals surface area (Å²) in [6, 6.07) is 6.60. The summed E-state index contributed by atoms with van der Waals surface area (Å²) in [6.07, 6.45) is 2.26. The highest BCUT2D eigenvalue weighted by Crippen LogP contribution is 2.30. The highest BCUT2D eigenvalue weighted by atomic mass is 35.5. The zero-order valence-electron chi connectivity index (χ0n) is 12.4. The van der Waals surface area contributed by atoms with E-state index in [1.165, 1.54) is 5.69 Å². The Balaban J connectivity index is 2.12. The third-order valence-corrected chi connectivity index (χ3v) is 4.43. The fraction of sp³-hybridized carbons (Fsp3) is 0.625. The van der Waals surface area contributed by atoms with Crippen LogP contribution >= 0.6 is 11.6 Å². The van der Waals surface area contributed by atoms with Crippen molar-refractivity contribution in [3.05, 3.63) is 28.8 Å². The molecule has 1 aliphatic rings. The van der Waals surface area contributed by atoms with Crippen molar-refractivity contribution in [2.75, 3.05) is 31.1 Å². The Morgan fingerprint density at radius 3 is 2.95 bits per heavy atom. The number of halogens is 1. The minimum atomic E-state index is 0.271. The van der Waals surface area contributed by atoms with Gasteiger partial charge in [-0.1, -0.05) is 24.6 Å². The van der Waals surface area contributed by atoms with E-state index in [0.29, 0.717) is 5.92 Å². The Kier molecular flexibility index (Phi) is 5.70. The average molecular weight is 297 g/mol. The molecular formula is C16H25ClN2O. The monoisotopic (exact) mass is 296 g/mol. The van der Waals surface area contributed by atoms with Gasteiger partial charge in [-0.2, -0.15) is 0 Å². The maximum absolute atomic E-state index is 9.33. The number of aliphatic hydroxyl groups is 1. The lowest BCUT2D eigenvalue weighted by atomic mass is 9.98. The molecule has 1 heterocycles. The second-order valence-electron chi connectivity index (χ2n) is 5.62. The van der Waals surface area contributed by atoms with Crippen LogP contribution < -0.4 is 10.2 Å². The van der Waals surface area contributed by atoms with Gasteiger partial charge in [-0.15, -0.1) is 0 Å². The summed E-state index contributed by atoms with van der Waals surface area (Å²) in [6.45, 7) is 7.42. The van der Waals surface area contributed by atoms with Gasteiger partial charge in [0.25, 0.3) is 0 Å². The standard InChI is InChI=1S/C16H25ClN2O/c1-3-18-12(2)15-7-6-14(9-16(15)17)19-8-4-5-13(10-19)11-20/h6-7,9,12-13,18,20H,3-5,8,10-11H2,1-2H3. The molecule has 0 amide bonds. The first kappa shape index (κ1) is 15.6. The molecule has 0 saturated carbocycles. The Hall–Kier alpha value is -0.770. The molecule has 1 aliphatic heterocycles. The number of anilines is 1. The molecule has 2 atom stereocenters. The summed E-state index contributed by atoms with van der Waals surface area (Å²) < 4.78 is 0. The third kappa shape index (κ3) is 3.66. The fourth-order valence-electron chi connectivity index (χ4n) is 2.93. The minimum Gasteiger partial charge on any atom is -0.396 e. The smallest absolute Gasteiger partial charge is 0.0476 e. The minimum absolute atomic E-state index is 0.271. The predicted octanol–water partition coefficient (Wildman–Crippen LogP) is 3.22. The fourth-order valence-corrected chi connectivity index (χ4v) is 3.27. The molecule has 0 spiro atoms. The van der Waals surface area contributed by atoms with Gasteiger partial charge in [0.1, 0.15) is 0 Å². The van der Waals surface area contributed by atoms with Gasteiger partial charge >= 0.3 is 0 Å². The molecule has 2 rings (SSSR count). The first-order chi connectivity index (χ1) is 9.65. The van der Waals surface area contributed by atoms with Gasteiger partial charge in [0.05, 0.1) is 0 Å². The van der Waals surface area contributed by atoms with Gasteiger partial charge in [0, 0.05) is 36.4 Å². The molecule has 0 aliphatic carbocycles. The number of benzene rings is 1. The summed E-state index contributed by atoms with van der Waals surface area (Å²) in [5.41, 5.74) is 2.31. The largest absolute Gasteiger partial charge is 0.396 e. The Labute approximate surface area is 126 Å². The van der Waals surface area contributed by atoms with E-state index >= 15 is 0 Å². The number of rotatable bonds is 5. The summed E-state index contributed by atoms with van der Waals surface area (Å²) in [5, 5.41) is 13.5. The van der Waals surface area contributed by atoms with Crippen molar-refractivity contribution in [1.82, 2.24) is 5.32 Å². The maximum atomic E-state index is 9.33. The van der Waals surface area contributed by atoms with E-state index in [0.717, 1.165) is 43.1 Å². The molecule has 0 aromatic heterocycles. The van der Waals surface area contributed by atoms with Crippen LogP contribution in [-0.4, -0.2) is 31.3 Å². The number of hydrogen-bond donors (Lipinski definition) is 2. The normalized spacial score (nSPS) is 21.0. The molecule has 0 bridgehead atoms. The highest BCUT2D eigenvalue weighted by Gasteiger charge is 2.20. The van der Waals surface area contributed by atoms with E-state index in [1.54, 1.807) is 0 Å². The predicted molar refractivity (Wildman–Crippen MR) is 85.6 cm³/mol. The second-order valence-corrected chi connectivity index (χ2v) is 6.03. The lowest BCUT2D eigenvalue weighted by molar-refractivity contribution is 0.209. The SMILES string of the molecule is CCNC(C)c1ccc(N2CCCC(CO)C2)cc1Cl. The summed E-state index contributed by atoms with van der Waals surface area (Å²) in [7, 11) is 0. The van der Waals surface area contributed by atoms with Crippen LogP contribution in [0.5, 0.6) is 0 Å². The van der Waals surface area contributed by atoms with E-state index in [4.69, 9.17) is 11.6 Å². The van der Waals surface area contributed by atoms with Crippen LogP contribution in [0, 0.1) is 5.92 Å². The van der Waals surface area contributed by atoms with E-state index in [1.807, 2.05) is 0 Å². The van der Waals surface area contributed by atoms with E-state index in [2.05, 4.69) is 42.3 Å². The molecule has 4 heteroatoms. The molecule has 20 heavy (non-hydrogen) atoms. The molecule has 3 nitrogen and oxygen atoms in total. The molecule has 1 saturated heterocycles. The molecule has 1 aromatic carbocycles. The van der Waals surface area contributed by atoms with Crippen molar-refractivity contribution in [2.45, 2.75) is 32.7 Å². The number of hydrogen-bond acceptors (Lipinski definition) is 3. The maximum Gasteiger partial charge on any atom is 0.0476 e. The molecule has 0 radical (unpaired) electrons. The Bertz CT molecular complexity index is 438. The van der Waals surface area contributed by atoms with E-state index < -0.39 is 0 Å². The van der Waals surface area contributed by atoms with Crippen LogP contribution in [0.3, 0.4) is 0 Å². The van der Waals surface area contributed by atoms with Gasteiger partial charge in [-0.05, 0) is 49.9 Å². The van der Waals surface area contributed by atoms with Crippen LogP contribution in [0.1, 0.15) is 38.3 Å². The van der Waals surface area contributed by atoms with Crippen LogP contribution in [-0.2, 0) is 0 Å². The Morgan fingerprint density at radius 1 is 1.50 bits per heavy atom. The summed E-state index contributed by atoms with van der Waals surface area (Å²) in [4.78, 5) is 2.33. The van der Waals surface area contributed by atoms with Crippen molar-refractivity contribution < 1.29 is 5.11 Å². The quantitative estimate of drug-likeness (QED) is 0.876. The molecule has 2 N–H and O–H groups in total. The summed E-state index contributed by atoms with van der Waals surface area (Å²) in [5.74, 6) is 0.392. The first-order valence-electron chi connectivity index (χ1n) is 7.54. The van der Waals surface area contributed by atoms with E-state index in [9.17, 15) is 5.11 Å². The van der Waals surface area contributed by atoms with E-state index in [-0.39, 0.29) is 12.6 Å². The zero-order chi connectivity index (χ0) is 14.5. The topological polar surface area (TPSA) is 35.5 Å². The van der Waals surface area contributed by atoms with Gasteiger partial charge in [0.15, 0.2) is 0 Å². The van der Waals surface area contributed by atoms with Crippen LogP contribution in [0.4, 0.5) is 5.69 Å². The molecule has 112 valence electrons. The van der Waals surface area contributed by atoms with Crippen molar-refractivity contribution in [3.8, 4) is 0 Å². The third-order valence-electron chi connectivity index (χ3n) is 4.10. The van der Waals surface area contributed by atoms with Crippen molar-refractivity contribution in [2.24, 2.45) is 5.92 Å². The molecule has 1 aromatic rings. The number of nitrogens with one attached hydrogen (secondary N) is 1. The van der Waals surface area contributed by atoms with Crippen molar-refractivity contribution in [3.63, 3.8) is 0 Å². The Morgan fingerprint density at radius 2 is 2.30 bits per heavy atom. The number of nitrogens with zero attached hydrogens (tertiary/aromatic N) is 1. The van der Waals surface area contributed by atoms with Gasteiger partial charge < -0.3 is 15.3 Å². The van der Waals surface area contributed by atoms with Crippen LogP contribution in [0.2, 0.25) is 5.02 Å². The molecule has 2 unspecified atom stereocenters.